The molecule has 0 aromatic heterocycles. The van der Waals surface area contributed by atoms with Gasteiger partial charge in [-0.15, -0.1) is 0 Å². The average Bonchev–Trinajstić information content (AvgIpc) is 3.35. The number of Topliss-reactive ketones (excluding diaryl/α,β-unsaturated/α-hetero) is 3. The van der Waals surface area contributed by atoms with Crippen molar-refractivity contribution in [3.8, 4) is 11.5 Å². The molecule has 37 heavy (non-hydrogen) atoms. The van der Waals surface area contributed by atoms with Crippen molar-refractivity contribution < 1.29 is 23.9 Å². The molecule has 6 heteroatoms. The lowest BCUT2D eigenvalue weighted by atomic mass is 9.64. The van der Waals surface area contributed by atoms with E-state index in [2.05, 4.69) is 0 Å². The van der Waals surface area contributed by atoms with Gasteiger partial charge in [0.15, 0.2) is 28.8 Å². The van der Waals surface area contributed by atoms with Gasteiger partial charge < -0.3 is 14.4 Å². The van der Waals surface area contributed by atoms with Crippen LogP contribution in [-0.2, 0) is 4.79 Å². The number of rotatable bonds is 4. The average molecular weight is 494 g/mol. The minimum absolute atomic E-state index is 0.110. The predicted molar refractivity (Wildman–Crippen MR) is 141 cm³/mol. The first-order valence-corrected chi connectivity index (χ1v) is 12.3. The van der Waals surface area contributed by atoms with Gasteiger partial charge in [-0.05, 0) is 48.7 Å². The highest BCUT2D eigenvalue weighted by atomic mass is 16.5. The molecule has 1 aliphatic carbocycles. The van der Waals surface area contributed by atoms with Gasteiger partial charge >= 0.3 is 0 Å². The number of hydrogen-bond acceptors (Lipinski definition) is 6. The second kappa shape index (κ2) is 8.17. The summed E-state index contributed by atoms with van der Waals surface area (Å²) in [4.78, 5) is 44.4. The maximum atomic E-state index is 14.4. The maximum absolute atomic E-state index is 14.4. The zero-order chi connectivity index (χ0) is 26.1. The predicted octanol–water partition coefficient (Wildman–Crippen LogP) is 5.03. The van der Waals surface area contributed by atoms with Gasteiger partial charge in [-0.3, -0.25) is 14.4 Å². The molecule has 1 saturated heterocycles. The molecule has 3 aromatic carbocycles. The van der Waals surface area contributed by atoms with E-state index in [1.54, 1.807) is 57.5 Å². The maximum Gasteiger partial charge on any atom is 0.180 e. The van der Waals surface area contributed by atoms with Crippen molar-refractivity contribution in [1.29, 1.82) is 0 Å². The molecule has 1 spiro atoms. The van der Waals surface area contributed by atoms with Crippen molar-refractivity contribution in [3.05, 3.63) is 94.6 Å². The first-order valence-electron chi connectivity index (χ1n) is 12.3. The summed E-state index contributed by atoms with van der Waals surface area (Å²) in [7, 11) is 3.10. The molecule has 2 aliphatic heterocycles. The standard InChI is InChI=1S/C31H27NO5/c1-17-9-10-19-12-14-26-31(29(34)21-7-5-6-8-22(21)30(31)35)27(28(18(2)33)32(26)23(19)15-17)20-11-13-24(36-3)25(16-20)37-4/h5-16,26-28H,1-4H3. The highest BCUT2D eigenvalue weighted by molar-refractivity contribution is 6.32. The van der Waals surface area contributed by atoms with Crippen LogP contribution in [0.3, 0.4) is 0 Å². The lowest BCUT2D eigenvalue weighted by Crippen LogP contribution is -2.48. The number of carbonyl (C=O) groups is 3. The Hall–Kier alpha value is -4.19. The van der Waals surface area contributed by atoms with E-state index in [0.717, 1.165) is 16.8 Å². The van der Waals surface area contributed by atoms with E-state index in [1.165, 1.54) is 0 Å². The van der Waals surface area contributed by atoms with Crippen molar-refractivity contribution in [1.82, 2.24) is 0 Å². The van der Waals surface area contributed by atoms with E-state index in [9.17, 15) is 14.4 Å². The molecular formula is C31H27NO5. The third kappa shape index (κ3) is 2.95. The SMILES string of the molecule is COc1ccc(C2C(C(C)=O)N3c4cc(C)ccc4C=CC3C23C(=O)c2ccccc2C3=O)cc1OC. The van der Waals surface area contributed by atoms with Crippen LogP contribution < -0.4 is 14.4 Å². The van der Waals surface area contributed by atoms with Crippen LogP contribution in [0, 0.1) is 12.3 Å². The molecule has 0 radical (unpaired) electrons. The van der Waals surface area contributed by atoms with Gasteiger partial charge in [-0.25, -0.2) is 0 Å². The van der Waals surface area contributed by atoms with Gasteiger partial charge in [0.25, 0.3) is 0 Å². The Morgan fingerprint density at radius 2 is 1.57 bits per heavy atom. The molecule has 0 bridgehead atoms. The highest BCUT2D eigenvalue weighted by Crippen LogP contribution is 2.61. The summed E-state index contributed by atoms with van der Waals surface area (Å²) in [6, 6.07) is 17.1. The Bertz CT molecular complexity index is 1480. The van der Waals surface area contributed by atoms with Gasteiger partial charge in [0, 0.05) is 22.7 Å². The van der Waals surface area contributed by atoms with Crippen LogP contribution in [0.15, 0.2) is 66.7 Å². The van der Waals surface area contributed by atoms with Crippen LogP contribution in [0.1, 0.15) is 50.2 Å². The Kier molecular flexibility index (Phi) is 5.13. The number of nitrogens with zero attached hydrogens (tertiary/aromatic N) is 1. The monoisotopic (exact) mass is 493 g/mol. The summed E-state index contributed by atoms with van der Waals surface area (Å²) in [5.41, 5.74) is 2.84. The number of fused-ring (bicyclic) bond motifs is 5. The van der Waals surface area contributed by atoms with E-state index < -0.39 is 23.4 Å². The Labute approximate surface area is 215 Å². The number of ether oxygens (including phenoxy) is 2. The van der Waals surface area contributed by atoms with Gasteiger partial charge in [-0.1, -0.05) is 54.6 Å². The Balaban J connectivity index is 1.68. The lowest BCUT2D eigenvalue weighted by Gasteiger charge is -2.37. The molecule has 3 atom stereocenters. The van der Waals surface area contributed by atoms with Crippen molar-refractivity contribution in [3.63, 3.8) is 0 Å². The van der Waals surface area contributed by atoms with Crippen LogP contribution in [0.4, 0.5) is 5.69 Å². The fourth-order valence-corrected chi connectivity index (χ4v) is 6.64. The van der Waals surface area contributed by atoms with Gasteiger partial charge in [0.2, 0.25) is 0 Å². The van der Waals surface area contributed by atoms with E-state index in [4.69, 9.17) is 9.47 Å². The molecule has 0 N–H and O–H groups in total. The number of carbonyl (C=O) groups excluding carboxylic acids is 3. The van der Waals surface area contributed by atoms with Crippen molar-refractivity contribution >= 4 is 29.1 Å². The quantitative estimate of drug-likeness (QED) is 0.475. The fourth-order valence-electron chi connectivity index (χ4n) is 6.64. The normalized spacial score (nSPS) is 22.6. The molecule has 6 rings (SSSR count). The van der Waals surface area contributed by atoms with Crippen molar-refractivity contribution in [2.24, 2.45) is 5.41 Å². The Morgan fingerprint density at radius 1 is 0.892 bits per heavy atom. The third-order valence-electron chi connectivity index (χ3n) is 8.15. The molecule has 3 aromatic rings. The third-order valence-corrected chi connectivity index (χ3v) is 8.15. The number of anilines is 1. The molecule has 3 unspecified atom stereocenters. The summed E-state index contributed by atoms with van der Waals surface area (Å²) < 4.78 is 11.0. The molecule has 0 saturated carbocycles. The molecule has 186 valence electrons. The van der Waals surface area contributed by atoms with Crippen molar-refractivity contribution in [2.45, 2.75) is 31.8 Å². The number of ketones is 3. The molecule has 1 fully saturated rings. The van der Waals surface area contributed by atoms with Crippen LogP contribution >= 0.6 is 0 Å². The minimum Gasteiger partial charge on any atom is -0.493 e. The minimum atomic E-state index is -1.50. The Morgan fingerprint density at radius 3 is 2.19 bits per heavy atom. The van der Waals surface area contributed by atoms with Gasteiger partial charge in [0.05, 0.1) is 26.3 Å². The topological polar surface area (TPSA) is 72.9 Å². The van der Waals surface area contributed by atoms with E-state index in [1.807, 2.05) is 48.2 Å². The van der Waals surface area contributed by atoms with Crippen molar-refractivity contribution in [2.75, 3.05) is 19.1 Å². The van der Waals surface area contributed by atoms with E-state index in [-0.39, 0.29) is 17.3 Å². The molecule has 6 nitrogen and oxygen atoms in total. The second-order valence-electron chi connectivity index (χ2n) is 9.99. The number of hydrogen-bond donors (Lipinski definition) is 0. The smallest absolute Gasteiger partial charge is 0.180 e. The number of benzene rings is 3. The first-order chi connectivity index (χ1) is 17.8. The highest BCUT2D eigenvalue weighted by Gasteiger charge is 2.71. The molecular weight excluding hydrogens is 466 g/mol. The largest absolute Gasteiger partial charge is 0.493 e. The summed E-state index contributed by atoms with van der Waals surface area (Å²) in [6.45, 7) is 3.54. The van der Waals surface area contributed by atoms with Crippen LogP contribution in [0.25, 0.3) is 6.08 Å². The van der Waals surface area contributed by atoms with Gasteiger partial charge in [-0.2, -0.15) is 0 Å². The lowest BCUT2D eigenvalue weighted by molar-refractivity contribution is -0.118. The zero-order valence-corrected chi connectivity index (χ0v) is 21.1. The number of methoxy groups -OCH3 is 2. The summed E-state index contributed by atoms with van der Waals surface area (Å²) in [5, 5.41) is 0. The fraction of sp³-hybridized carbons (Fsp3) is 0.258. The van der Waals surface area contributed by atoms with E-state index >= 15 is 0 Å². The molecule has 2 heterocycles. The number of aryl methyl sites for hydroxylation is 1. The molecule has 3 aliphatic rings. The van der Waals surface area contributed by atoms with Gasteiger partial charge in [0.1, 0.15) is 5.41 Å². The second-order valence-corrected chi connectivity index (χ2v) is 9.99. The molecule has 0 amide bonds. The van der Waals surface area contributed by atoms with Crippen LogP contribution in [0.5, 0.6) is 11.5 Å². The summed E-state index contributed by atoms with van der Waals surface area (Å²) in [6.07, 6.45) is 3.89. The summed E-state index contributed by atoms with van der Waals surface area (Å²) in [5.74, 6) is -0.327. The zero-order valence-electron chi connectivity index (χ0n) is 21.1. The first kappa shape index (κ1) is 23.2. The van der Waals surface area contributed by atoms with E-state index in [0.29, 0.717) is 28.2 Å². The van der Waals surface area contributed by atoms with Crippen LogP contribution in [0.2, 0.25) is 0 Å². The van der Waals surface area contributed by atoms with Crippen LogP contribution in [-0.4, -0.2) is 43.7 Å². The summed E-state index contributed by atoms with van der Waals surface area (Å²) >= 11 is 0.